The van der Waals surface area contributed by atoms with Gasteiger partial charge in [0.25, 0.3) is 0 Å². The van der Waals surface area contributed by atoms with Crippen molar-refractivity contribution in [2.75, 3.05) is 0 Å². The van der Waals surface area contributed by atoms with Gasteiger partial charge < -0.3 is 0 Å². The van der Waals surface area contributed by atoms with E-state index in [-0.39, 0.29) is 0 Å². The van der Waals surface area contributed by atoms with E-state index in [0.717, 1.165) is 28.4 Å². The van der Waals surface area contributed by atoms with Crippen molar-refractivity contribution < 1.29 is 13.2 Å². The highest BCUT2D eigenvalue weighted by Crippen LogP contribution is 2.35. The zero-order chi connectivity index (χ0) is 16.4. The smallest absolute Gasteiger partial charge is 0.243 e. The first kappa shape index (κ1) is 15.9. The number of aliphatic imine (C=N–C) groups is 1. The summed E-state index contributed by atoms with van der Waals surface area (Å²) in [5.74, 6) is 0. The predicted octanol–water partition coefficient (Wildman–Crippen LogP) is 5.95. The number of halogens is 3. The molecule has 0 unspecified atom stereocenters. The molecule has 3 rings (SSSR count). The fourth-order valence-electron chi connectivity index (χ4n) is 1.92. The Bertz CT molecular complexity index is 816. The molecular formula is C16H11F3N2S2. The number of alkyl halides is 3. The number of nitrogens with zero attached hydrogens (tertiary/aromatic N) is 2. The summed E-state index contributed by atoms with van der Waals surface area (Å²) in [6, 6.07) is 6.98. The molecule has 0 aliphatic carbocycles. The summed E-state index contributed by atoms with van der Waals surface area (Å²) in [7, 11) is 0. The molecule has 1 aromatic carbocycles. The van der Waals surface area contributed by atoms with Crippen LogP contribution in [0.1, 0.15) is 16.8 Å². The lowest BCUT2D eigenvalue weighted by molar-refractivity contribution is -0.137. The summed E-state index contributed by atoms with van der Waals surface area (Å²) in [4.78, 5) is 8.81. The minimum atomic E-state index is -4.33. The van der Waals surface area contributed by atoms with Gasteiger partial charge in [0.1, 0.15) is 10.0 Å². The van der Waals surface area contributed by atoms with Gasteiger partial charge in [-0.3, -0.25) is 0 Å². The molecule has 118 valence electrons. The second-order valence-electron chi connectivity index (χ2n) is 4.80. The van der Waals surface area contributed by atoms with Crippen LogP contribution >= 0.6 is 22.7 Å². The summed E-state index contributed by atoms with van der Waals surface area (Å²) >= 11 is 2.95. The van der Waals surface area contributed by atoms with Crippen LogP contribution in [0.25, 0.3) is 10.6 Å². The van der Waals surface area contributed by atoms with E-state index in [1.54, 1.807) is 17.6 Å². The van der Waals surface area contributed by atoms with Gasteiger partial charge in [-0.2, -0.15) is 24.5 Å². The predicted molar refractivity (Wildman–Crippen MR) is 88.9 cm³/mol. The minimum Gasteiger partial charge on any atom is -0.243 e. The van der Waals surface area contributed by atoms with Gasteiger partial charge in [0.15, 0.2) is 0 Å². The van der Waals surface area contributed by atoms with Gasteiger partial charge in [0.05, 0.1) is 11.3 Å². The van der Waals surface area contributed by atoms with E-state index in [9.17, 15) is 13.2 Å². The molecule has 23 heavy (non-hydrogen) atoms. The summed E-state index contributed by atoms with van der Waals surface area (Å²) in [6.07, 6.45) is -2.57. The Kier molecular flexibility index (Phi) is 4.32. The number of thiophene rings is 1. The molecule has 0 aliphatic heterocycles. The van der Waals surface area contributed by atoms with E-state index in [1.165, 1.54) is 23.5 Å². The van der Waals surface area contributed by atoms with Gasteiger partial charge in [0.2, 0.25) is 0 Å². The third kappa shape index (κ3) is 3.68. The van der Waals surface area contributed by atoms with Crippen LogP contribution < -0.4 is 0 Å². The highest BCUT2D eigenvalue weighted by molar-refractivity contribution is 7.18. The molecule has 0 atom stereocenters. The topological polar surface area (TPSA) is 25.2 Å². The Hall–Kier alpha value is -1.99. The van der Waals surface area contributed by atoms with Crippen LogP contribution in [0.15, 0.2) is 46.1 Å². The van der Waals surface area contributed by atoms with Crippen molar-refractivity contribution in [3.63, 3.8) is 0 Å². The van der Waals surface area contributed by atoms with Crippen LogP contribution in [-0.2, 0) is 6.18 Å². The summed E-state index contributed by atoms with van der Waals surface area (Å²) in [6.45, 7) is 1.84. The first-order valence-corrected chi connectivity index (χ1v) is 8.41. The lowest BCUT2D eigenvalue weighted by atomic mass is 10.1. The summed E-state index contributed by atoms with van der Waals surface area (Å²) < 4.78 is 37.8. The van der Waals surface area contributed by atoms with Crippen LogP contribution in [0.2, 0.25) is 0 Å². The van der Waals surface area contributed by atoms with Gasteiger partial charge >= 0.3 is 6.18 Å². The van der Waals surface area contributed by atoms with Crippen molar-refractivity contribution >= 4 is 33.9 Å². The molecule has 0 saturated carbocycles. The van der Waals surface area contributed by atoms with E-state index in [1.807, 2.05) is 23.8 Å². The highest BCUT2D eigenvalue weighted by atomic mass is 32.1. The van der Waals surface area contributed by atoms with Gasteiger partial charge in [-0.1, -0.05) is 23.5 Å². The second kappa shape index (κ2) is 6.25. The Morgan fingerprint density at radius 1 is 1.13 bits per heavy atom. The van der Waals surface area contributed by atoms with Crippen molar-refractivity contribution in [2.24, 2.45) is 4.99 Å². The Morgan fingerprint density at radius 2 is 1.87 bits per heavy atom. The van der Waals surface area contributed by atoms with Crippen LogP contribution in [0, 0.1) is 6.92 Å². The van der Waals surface area contributed by atoms with E-state index >= 15 is 0 Å². The zero-order valence-corrected chi connectivity index (χ0v) is 13.6. The number of hydrogen-bond acceptors (Lipinski definition) is 4. The third-order valence-corrected chi connectivity index (χ3v) is 4.92. The van der Waals surface area contributed by atoms with Crippen molar-refractivity contribution in [1.29, 1.82) is 0 Å². The second-order valence-corrected chi connectivity index (χ2v) is 6.56. The molecule has 0 bridgehead atoms. The molecule has 2 heterocycles. The largest absolute Gasteiger partial charge is 0.416 e. The van der Waals surface area contributed by atoms with Crippen LogP contribution in [-0.4, -0.2) is 11.2 Å². The molecule has 0 fully saturated rings. The lowest BCUT2D eigenvalue weighted by Crippen LogP contribution is -2.03. The van der Waals surface area contributed by atoms with Gasteiger partial charge in [0, 0.05) is 17.3 Å². The van der Waals surface area contributed by atoms with Crippen molar-refractivity contribution in [3.05, 3.63) is 57.9 Å². The maximum Gasteiger partial charge on any atom is 0.416 e. The van der Waals surface area contributed by atoms with Crippen LogP contribution in [0.4, 0.5) is 18.2 Å². The fourth-order valence-corrected chi connectivity index (χ4v) is 3.44. The number of benzene rings is 1. The standard InChI is InChI=1S/C16H11F3N2S2/c1-10-14(20-8-11-6-7-22-9-11)23-15(21-10)12-2-4-13(5-3-12)16(17,18)19/h2-9H,1H3/b20-8+. The number of aromatic nitrogens is 1. The zero-order valence-electron chi connectivity index (χ0n) is 12.0. The first-order valence-electron chi connectivity index (χ1n) is 6.65. The molecule has 0 aliphatic rings. The molecule has 0 amide bonds. The van der Waals surface area contributed by atoms with E-state index < -0.39 is 11.7 Å². The van der Waals surface area contributed by atoms with Gasteiger partial charge in [-0.05, 0) is 35.9 Å². The van der Waals surface area contributed by atoms with E-state index in [0.29, 0.717) is 10.6 Å². The molecule has 0 radical (unpaired) electrons. The number of aryl methyl sites for hydroxylation is 1. The maximum absolute atomic E-state index is 12.6. The summed E-state index contributed by atoms with van der Waals surface area (Å²) in [5.41, 5.74) is 1.77. The fraction of sp³-hybridized carbons (Fsp3) is 0.125. The molecule has 0 spiro atoms. The summed E-state index contributed by atoms with van der Waals surface area (Å²) in [5, 5.41) is 5.37. The molecule has 2 aromatic heterocycles. The average Bonchev–Trinajstić information content (AvgIpc) is 3.14. The van der Waals surface area contributed by atoms with E-state index in [2.05, 4.69) is 9.98 Å². The van der Waals surface area contributed by atoms with Crippen molar-refractivity contribution in [3.8, 4) is 10.6 Å². The third-order valence-electron chi connectivity index (χ3n) is 3.11. The molecule has 2 nitrogen and oxygen atoms in total. The average molecular weight is 352 g/mol. The SMILES string of the molecule is Cc1nc(-c2ccc(C(F)(F)F)cc2)sc1/N=C/c1ccsc1. The Labute approximate surface area is 139 Å². The van der Waals surface area contributed by atoms with Gasteiger partial charge in [-0.25, -0.2) is 9.98 Å². The first-order chi connectivity index (χ1) is 10.9. The monoisotopic (exact) mass is 352 g/mol. The van der Waals surface area contributed by atoms with Crippen molar-refractivity contribution in [2.45, 2.75) is 13.1 Å². The normalized spacial score (nSPS) is 12.2. The molecule has 0 saturated heterocycles. The molecule has 0 N–H and O–H groups in total. The number of rotatable bonds is 3. The maximum atomic E-state index is 12.6. The Morgan fingerprint density at radius 3 is 2.48 bits per heavy atom. The minimum absolute atomic E-state index is 0.656. The molecular weight excluding hydrogens is 341 g/mol. The Balaban J connectivity index is 1.85. The van der Waals surface area contributed by atoms with Gasteiger partial charge in [-0.15, -0.1) is 0 Å². The van der Waals surface area contributed by atoms with Crippen LogP contribution in [0.5, 0.6) is 0 Å². The quantitative estimate of drug-likeness (QED) is 0.535. The highest BCUT2D eigenvalue weighted by Gasteiger charge is 2.30. The molecule has 7 heteroatoms. The van der Waals surface area contributed by atoms with Crippen LogP contribution in [0.3, 0.4) is 0 Å². The van der Waals surface area contributed by atoms with E-state index in [4.69, 9.17) is 0 Å². The van der Waals surface area contributed by atoms with Crippen molar-refractivity contribution in [1.82, 2.24) is 4.98 Å². The molecule has 3 aromatic rings. The number of thiazole rings is 1. The number of hydrogen-bond donors (Lipinski definition) is 0. The lowest BCUT2D eigenvalue weighted by Gasteiger charge is -2.06.